The highest BCUT2D eigenvalue weighted by molar-refractivity contribution is 6.03. The molecule has 0 aliphatic carbocycles. The minimum atomic E-state index is -0.239. The number of hydrogen-bond acceptors (Lipinski definition) is 3. The molecule has 0 unspecified atom stereocenters. The van der Waals surface area contributed by atoms with E-state index in [1.54, 1.807) is 25.3 Å². The molecule has 136 valence electrons. The molecule has 0 heterocycles. The molecule has 0 fully saturated rings. The van der Waals surface area contributed by atoms with E-state index in [-0.39, 0.29) is 5.91 Å². The van der Waals surface area contributed by atoms with E-state index < -0.39 is 0 Å². The molecule has 2 aromatic rings. The predicted octanol–water partition coefficient (Wildman–Crippen LogP) is 4.75. The number of aryl methyl sites for hydroxylation is 1. The zero-order valence-corrected chi connectivity index (χ0v) is 15.8. The zero-order chi connectivity index (χ0) is 19.1. The number of allylic oxidation sites excluding steroid dienone is 2. The highest BCUT2D eigenvalue weighted by atomic mass is 16.5. The molecule has 0 saturated heterocycles. The molecular formula is C22H26N2O2. The van der Waals surface area contributed by atoms with Crippen LogP contribution in [0.5, 0.6) is 5.75 Å². The van der Waals surface area contributed by atoms with Crippen LogP contribution in [0.3, 0.4) is 0 Å². The van der Waals surface area contributed by atoms with Crippen molar-refractivity contribution in [3.63, 3.8) is 0 Å². The Morgan fingerprint density at radius 2 is 1.92 bits per heavy atom. The molecule has 0 spiro atoms. The summed E-state index contributed by atoms with van der Waals surface area (Å²) in [6.07, 6.45) is 6.22. The number of nitrogens with two attached hydrogens (primary N) is 1. The number of nitrogens with one attached hydrogen (secondary N) is 1. The first-order valence-electron chi connectivity index (χ1n) is 8.55. The van der Waals surface area contributed by atoms with E-state index in [1.165, 1.54) is 11.6 Å². The maximum absolute atomic E-state index is 12.2. The lowest BCUT2D eigenvalue weighted by atomic mass is 9.99. The van der Waals surface area contributed by atoms with Crippen LogP contribution in [0.1, 0.15) is 30.5 Å². The zero-order valence-electron chi connectivity index (χ0n) is 15.8. The Kier molecular flexibility index (Phi) is 6.61. The normalized spacial score (nSPS) is 10.6. The number of nitrogen functional groups attached to an aromatic ring is 1. The predicted molar refractivity (Wildman–Crippen MR) is 109 cm³/mol. The molecule has 0 radical (unpaired) electrons. The average molecular weight is 350 g/mol. The summed E-state index contributed by atoms with van der Waals surface area (Å²) in [7, 11) is 1.66. The monoisotopic (exact) mass is 350 g/mol. The number of rotatable bonds is 6. The molecule has 2 aromatic carbocycles. The number of ether oxygens (including phenoxy) is 1. The third-order valence-corrected chi connectivity index (χ3v) is 4.08. The van der Waals surface area contributed by atoms with Gasteiger partial charge < -0.3 is 15.8 Å². The van der Waals surface area contributed by atoms with Crippen molar-refractivity contribution in [2.75, 3.05) is 18.2 Å². The van der Waals surface area contributed by atoms with Gasteiger partial charge in [-0.05, 0) is 51.0 Å². The molecule has 0 saturated carbocycles. The summed E-state index contributed by atoms with van der Waals surface area (Å²) in [6, 6.07) is 11.2. The van der Waals surface area contributed by atoms with Gasteiger partial charge in [0, 0.05) is 17.2 Å². The average Bonchev–Trinajstić information content (AvgIpc) is 2.61. The van der Waals surface area contributed by atoms with Gasteiger partial charge in [0.2, 0.25) is 5.91 Å². The quantitative estimate of drug-likeness (QED) is 0.449. The van der Waals surface area contributed by atoms with E-state index in [1.807, 2.05) is 24.3 Å². The van der Waals surface area contributed by atoms with Gasteiger partial charge in [-0.2, -0.15) is 0 Å². The van der Waals surface area contributed by atoms with Gasteiger partial charge in [-0.25, -0.2) is 0 Å². The van der Waals surface area contributed by atoms with Crippen LogP contribution >= 0.6 is 0 Å². The number of para-hydroxylation sites is 2. The number of anilines is 2. The maximum atomic E-state index is 12.2. The van der Waals surface area contributed by atoms with Crippen molar-refractivity contribution in [2.45, 2.75) is 27.2 Å². The van der Waals surface area contributed by atoms with E-state index in [9.17, 15) is 4.79 Å². The second kappa shape index (κ2) is 8.90. The van der Waals surface area contributed by atoms with Crippen LogP contribution in [0.2, 0.25) is 0 Å². The topological polar surface area (TPSA) is 64.3 Å². The fourth-order valence-corrected chi connectivity index (χ4v) is 2.63. The summed E-state index contributed by atoms with van der Waals surface area (Å²) >= 11 is 0. The Balaban J connectivity index is 2.24. The number of hydrogen-bond donors (Lipinski definition) is 2. The van der Waals surface area contributed by atoms with Crippen LogP contribution in [-0.4, -0.2) is 13.0 Å². The van der Waals surface area contributed by atoms with E-state index in [4.69, 9.17) is 10.5 Å². The van der Waals surface area contributed by atoms with E-state index in [0.29, 0.717) is 11.4 Å². The van der Waals surface area contributed by atoms with Gasteiger partial charge in [0.1, 0.15) is 5.75 Å². The Morgan fingerprint density at radius 1 is 1.19 bits per heavy atom. The summed E-state index contributed by atoms with van der Waals surface area (Å²) in [5, 5.41) is 2.78. The van der Waals surface area contributed by atoms with Gasteiger partial charge in [-0.1, -0.05) is 35.9 Å². The lowest BCUT2D eigenvalue weighted by Gasteiger charge is -2.13. The Bertz CT molecular complexity index is 847. The lowest BCUT2D eigenvalue weighted by molar-refractivity contribution is -0.111. The molecule has 0 aromatic heterocycles. The van der Waals surface area contributed by atoms with Crippen molar-refractivity contribution < 1.29 is 9.53 Å². The van der Waals surface area contributed by atoms with Gasteiger partial charge in [-0.15, -0.1) is 0 Å². The smallest absolute Gasteiger partial charge is 0.248 e. The molecule has 26 heavy (non-hydrogen) atoms. The van der Waals surface area contributed by atoms with Crippen LogP contribution in [0, 0.1) is 6.92 Å². The van der Waals surface area contributed by atoms with Crippen LogP contribution in [0.25, 0.3) is 6.08 Å². The van der Waals surface area contributed by atoms with Gasteiger partial charge in [0.15, 0.2) is 0 Å². The van der Waals surface area contributed by atoms with Crippen molar-refractivity contribution in [2.24, 2.45) is 0 Å². The molecule has 2 rings (SSSR count). The Labute approximate surface area is 155 Å². The molecule has 0 aliphatic rings. The van der Waals surface area contributed by atoms with Crippen molar-refractivity contribution in [1.82, 2.24) is 0 Å². The fraction of sp³-hybridized carbons (Fsp3) is 0.227. The van der Waals surface area contributed by atoms with Crippen LogP contribution in [-0.2, 0) is 11.2 Å². The Morgan fingerprint density at radius 3 is 2.58 bits per heavy atom. The Hall–Kier alpha value is -3.01. The highest BCUT2D eigenvalue weighted by Crippen LogP contribution is 2.29. The van der Waals surface area contributed by atoms with Crippen LogP contribution < -0.4 is 15.8 Å². The van der Waals surface area contributed by atoms with Gasteiger partial charge in [-0.3, -0.25) is 4.79 Å². The maximum Gasteiger partial charge on any atom is 0.248 e. The summed E-state index contributed by atoms with van der Waals surface area (Å²) in [5.74, 6) is 0.558. The second-order valence-corrected chi connectivity index (χ2v) is 6.38. The standard InChI is InChI=1S/C22H26N2O2/c1-15(2)9-13-18-16(3)10-11-17(22(18)26-4)12-14-21(25)24-20-8-6-5-7-19(20)23/h5-12,14H,13,23H2,1-4H3,(H,24,25)/b14-12-. The first kappa shape index (κ1) is 19.3. The minimum Gasteiger partial charge on any atom is -0.496 e. The molecule has 3 N–H and O–H groups in total. The van der Waals surface area contributed by atoms with Crippen molar-refractivity contribution in [3.05, 3.63) is 70.8 Å². The largest absolute Gasteiger partial charge is 0.496 e. The van der Waals surface area contributed by atoms with Crippen molar-refractivity contribution >= 4 is 23.4 Å². The molecular weight excluding hydrogens is 324 g/mol. The molecule has 0 bridgehead atoms. The van der Waals surface area contributed by atoms with Crippen molar-refractivity contribution in [1.29, 1.82) is 0 Å². The first-order chi connectivity index (χ1) is 12.4. The van der Waals surface area contributed by atoms with Gasteiger partial charge in [0.25, 0.3) is 0 Å². The molecule has 4 heteroatoms. The number of amides is 1. The molecule has 4 nitrogen and oxygen atoms in total. The third-order valence-electron chi connectivity index (χ3n) is 4.08. The lowest BCUT2D eigenvalue weighted by Crippen LogP contribution is -2.09. The van der Waals surface area contributed by atoms with Crippen molar-refractivity contribution in [3.8, 4) is 5.75 Å². The summed E-state index contributed by atoms with van der Waals surface area (Å²) < 4.78 is 5.63. The summed E-state index contributed by atoms with van der Waals surface area (Å²) in [5.41, 5.74) is 11.4. The molecule has 0 aliphatic heterocycles. The fourth-order valence-electron chi connectivity index (χ4n) is 2.63. The summed E-state index contributed by atoms with van der Waals surface area (Å²) in [4.78, 5) is 12.2. The summed E-state index contributed by atoms with van der Waals surface area (Å²) in [6.45, 7) is 6.21. The number of methoxy groups -OCH3 is 1. The first-order valence-corrected chi connectivity index (χ1v) is 8.55. The van der Waals surface area contributed by atoms with E-state index in [0.717, 1.165) is 28.9 Å². The number of carbonyl (C=O) groups is 1. The van der Waals surface area contributed by atoms with Gasteiger partial charge >= 0.3 is 0 Å². The number of benzene rings is 2. The highest BCUT2D eigenvalue weighted by Gasteiger charge is 2.10. The van der Waals surface area contributed by atoms with E-state index in [2.05, 4.69) is 32.2 Å². The second-order valence-electron chi connectivity index (χ2n) is 6.38. The van der Waals surface area contributed by atoms with Gasteiger partial charge in [0.05, 0.1) is 18.5 Å². The van der Waals surface area contributed by atoms with Crippen LogP contribution in [0.15, 0.2) is 54.1 Å². The molecule has 0 atom stereocenters. The number of carbonyl (C=O) groups excluding carboxylic acids is 1. The minimum absolute atomic E-state index is 0.239. The third kappa shape index (κ3) is 4.99. The SMILES string of the molecule is COc1c(/C=C\C(=O)Nc2ccccc2N)ccc(C)c1CC=C(C)C. The van der Waals surface area contributed by atoms with E-state index >= 15 is 0 Å². The molecule has 1 amide bonds. The van der Waals surface area contributed by atoms with Crippen LogP contribution in [0.4, 0.5) is 11.4 Å².